The summed E-state index contributed by atoms with van der Waals surface area (Å²) in [6, 6.07) is 0. The summed E-state index contributed by atoms with van der Waals surface area (Å²) in [7, 11) is 0. The van der Waals surface area contributed by atoms with Gasteiger partial charge in [0.2, 0.25) is 5.95 Å². The van der Waals surface area contributed by atoms with Gasteiger partial charge in [-0.15, -0.1) is 11.8 Å². The van der Waals surface area contributed by atoms with Crippen molar-refractivity contribution in [1.82, 2.24) is 19.5 Å². The summed E-state index contributed by atoms with van der Waals surface area (Å²) < 4.78 is 1.72. The van der Waals surface area contributed by atoms with Gasteiger partial charge < -0.3 is 15.5 Å². The first-order chi connectivity index (χ1) is 11.0. The minimum Gasteiger partial charge on any atom is -0.395 e. The van der Waals surface area contributed by atoms with Gasteiger partial charge >= 0.3 is 0 Å². The normalized spacial score (nSPS) is 24.7. The maximum atomic E-state index is 12.2. The fraction of sp³-hybridized carbons (Fsp3) is 0.643. The molecule has 1 fully saturated rings. The van der Waals surface area contributed by atoms with Crippen LogP contribution in [0.2, 0.25) is 0 Å². The lowest BCUT2D eigenvalue weighted by Gasteiger charge is -2.16. The second kappa shape index (κ2) is 6.50. The lowest BCUT2D eigenvalue weighted by molar-refractivity contribution is 0.144. The molecule has 0 bridgehead atoms. The molecular weight excluding hydrogens is 318 g/mol. The van der Waals surface area contributed by atoms with E-state index in [0.29, 0.717) is 30.5 Å². The number of thioether (sulfide) groups is 1. The van der Waals surface area contributed by atoms with E-state index in [2.05, 4.69) is 34.1 Å². The highest BCUT2D eigenvalue weighted by molar-refractivity contribution is 8.00. The van der Waals surface area contributed by atoms with Crippen molar-refractivity contribution in [3.63, 3.8) is 0 Å². The van der Waals surface area contributed by atoms with Crippen molar-refractivity contribution in [3.8, 4) is 0 Å². The minimum atomic E-state index is -0.609. The van der Waals surface area contributed by atoms with E-state index in [1.807, 2.05) is 0 Å². The Balaban J connectivity index is 1.97. The van der Waals surface area contributed by atoms with Crippen LogP contribution in [0.15, 0.2) is 11.1 Å². The van der Waals surface area contributed by atoms with Crippen molar-refractivity contribution in [2.45, 2.75) is 37.0 Å². The topological polar surface area (TPSA) is 116 Å². The third-order valence-corrected chi connectivity index (χ3v) is 5.30. The lowest BCUT2D eigenvalue weighted by Crippen LogP contribution is -2.19. The molecule has 0 saturated carbocycles. The molecule has 0 aliphatic carbocycles. The maximum Gasteiger partial charge on any atom is 0.280 e. The molecule has 0 unspecified atom stereocenters. The first-order valence-corrected chi connectivity index (χ1v) is 8.59. The number of hydrogen-bond acceptors (Lipinski definition) is 7. The van der Waals surface area contributed by atoms with Crippen LogP contribution in [0, 0.1) is 5.92 Å². The van der Waals surface area contributed by atoms with Crippen molar-refractivity contribution in [2.75, 3.05) is 18.5 Å². The van der Waals surface area contributed by atoms with Gasteiger partial charge in [-0.2, -0.15) is 4.98 Å². The predicted octanol–water partition coefficient (Wildman–Crippen LogP) is 0.545. The van der Waals surface area contributed by atoms with Crippen molar-refractivity contribution in [3.05, 3.63) is 16.7 Å². The molecule has 0 amide bonds. The zero-order valence-electron chi connectivity index (χ0n) is 13.1. The molecule has 2 aromatic heterocycles. The molecule has 126 valence electrons. The van der Waals surface area contributed by atoms with Crippen LogP contribution in [0.1, 0.15) is 25.6 Å². The summed E-state index contributed by atoms with van der Waals surface area (Å²) >= 11 is 1.47. The SMILES string of the molecule is CC(C)CNc1nc2c(ncn2[C@@H]2S[C@H](CO)C[C@H]2O)c(=O)[nH]1. The highest BCUT2D eigenvalue weighted by Crippen LogP contribution is 2.42. The van der Waals surface area contributed by atoms with Crippen LogP contribution < -0.4 is 10.9 Å². The Hall–Kier alpha value is -1.58. The maximum absolute atomic E-state index is 12.2. The number of aromatic amines is 1. The molecule has 3 heterocycles. The van der Waals surface area contributed by atoms with Gasteiger partial charge in [-0.05, 0) is 12.3 Å². The third kappa shape index (κ3) is 3.22. The highest BCUT2D eigenvalue weighted by atomic mass is 32.2. The number of anilines is 1. The third-order valence-electron chi connectivity index (χ3n) is 3.75. The lowest BCUT2D eigenvalue weighted by atomic mass is 10.2. The molecule has 2 aromatic rings. The monoisotopic (exact) mass is 339 g/mol. The van der Waals surface area contributed by atoms with Gasteiger partial charge in [0.15, 0.2) is 11.2 Å². The van der Waals surface area contributed by atoms with Crippen molar-refractivity contribution < 1.29 is 10.2 Å². The number of H-pyrrole nitrogens is 1. The van der Waals surface area contributed by atoms with Crippen LogP contribution in [-0.4, -0.2) is 54.2 Å². The second-order valence-electron chi connectivity index (χ2n) is 6.15. The molecular formula is C14H21N5O3S. The van der Waals surface area contributed by atoms with E-state index in [9.17, 15) is 15.0 Å². The zero-order valence-corrected chi connectivity index (χ0v) is 13.9. The molecule has 0 radical (unpaired) electrons. The predicted molar refractivity (Wildman–Crippen MR) is 89.6 cm³/mol. The van der Waals surface area contributed by atoms with Gasteiger partial charge in [-0.25, -0.2) is 4.98 Å². The average Bonchev–Trinajstić information content (AvgIpc) is 3.08. The Morgan fingerprint density at radius 2 is 2.35 bits per heavy atom. The molecule has 9 heteroatoms. The van der Waals surface area contributed by atoms with E-state index in [1.165, 1.54) is 18.1 Å². The van der Waals surface area contributed by atoms with Gasteiger partial charge in [0, 0.05) is 11.8 Å². The van der Waals surface area contributed by atoms with E-state index >= 15 is 0 Å². The molecule has 3 rings (SSSR count). The number of aliphatic hydroxyl groups is 2. The second-order valence-corrected chi connectivity index (χ2v) is 7.57. The quantitative estimate of drug-likeness (QED) is 0.628. The molecule has 8 nitrogen and oxygen atoms in total. The van der Waals surface area contributed by atoms with Crippen LogP contribution in [-0.2, 0) is 0 Å². The van der Waals surface area contributed by atoms with E-state index in [1.54, 1.807) is 4.57 Å². The van der Waals surface area contributed by atoms with Gasteiger partial charge in [0.25, 0.3) is 5.56 Å². The van der Waals surface area contributed by atoms with Crippen LogP contribution in [0.25, 0.3) is 11.2 Å². The number of aliphatic hydroxyl groups excluding tert-OH is 2. The van der Waals surface area contributed by atoms with Crippen molar-refractivity contribution in [1.29, 1.82) is 0 Å². The summed E-state index contributed by atoms with van der Waals surface area (Å²) in [6.45, 7) is 4.83. The number of rotatable bonds is 5. The number of nitrogens with zero attached hydrogens (tertiary/aromatic N) is 3. The highest BCUT2D eigenvalue weighted by Gasteiger charge is 2.35. The van der Waals surface area contributed by atoms with Gasteiger partial charge in [-0.1, -0.05) is 13.8 Å². The fourth-order valence-corrected chi connectivity index (χ4v) is 3.96. The molecule has 4 N–H and O–H groups in total. The number of fused-ring (bicyclic) bond motifs is 1. The first kappa shape index (κ1) is 16.3. The molecule has 3 atom stereocenters. The summed E-state index contributed by atoms with van der Waals surface area (Å²) in [5.41, 5.74) is 0.381. The standard InChI is InChI=1S/C14H21N5O3S/c1-7(2)4-15-14-17-11-10(12(22)18-14)16-6-19(11)13-9(21)3-8(5-20)23-13/h6-9,13,20-21H,3-5H2,1-2H3,(H2,15,17,18,22)/t8-,9+,13+/m0/s1. The molecule has 23 heavy (non-hydrogen) atoms. The van der Waals surface area contributed by atoms with Gasteiger partial charge in [0.1, 0.15) is 5.37 Å². The minimum absolute atomic E-state index is 0.0140. The molecule has 1 saturated heterocycles. The van der Waals surface area contributed by atoms with Crippen molar-refractivity contribution >= 4 is 28.9 Å². The number of imidazole rings is 1. The van der Waals surface area contributed by atoms with Gasteiger partial charge in [-0.3, -0.25) is 14.3 Å². The number of nitrogens with one attached hydrogen (secondary N) is 2. The van der Waals surface area contributed by atoms with Gasteiger partial charge in [0.05, 0.1) is 19.0 Å². The van der Waals surface area contributed by atoms with E-state index in [-0.39, 0.29) is 28.3 Å². The van der Waals surface area contributed by atoms with Crippen LogP contribution in [0.3, 0.4) is 0 Å². The Bertz CT molecular complexity index is 744. The Kier molecular flexibility index (Phi) is 4.60. The Morgan fingerprint density at radius 3 is 3.00 bits per heavy atom. The van der Waals surface area contributed by atoms with Crippen molar-refractivity contribution in [2.24, 2.45) is 5.92 Å². The van der Waals surface area contributed by atoms with Crippen LogP contribution in [0.5, 0.6) is 0 Å². The summed E-state index contributed by atoms with van der Waals surface area (Å²) in [5, 5.41) is 22.3. The number of aromatic nitrogens is 4. The fourth-order valence-electron chi connectivity index (χ4n) is 2.59. The van der Waals surface area contributed by atoms with E-state index < -0.39 is 6.10 Å². The summed E-state index contributed by atoms with van der Waals surface area (Å²) in [6.07, 6.45) is 1.43. The molecule has 0 aromatic carbocycles. The average molecular weight is 339 g/mol. The summed E-state index contributed by atoms with van der Waals surface area (Å²) in [4.78, 5) is 23.4. The smallest absolute Gasteiger partial charge is 0.280 e. The van der Waals surface area contributed by atoms with Crippen LogP contribution >= 0.6 is 11.8 Å². The molecule has 0 spiro atoms. The largest absolute Gasteiger partial charge is 0.395 e. The molecule has 1 aliphatic heterocycles. The number of hydrogen-bond donors (Lipinski definition) is 4. The van der Waals surface area contributed by atoms with Crippen LogP contribution in [0.4, 0.5) is 5.95 Å². The van der Waals surface area contributed by atoms with E-state index in [0.717, 1.165) is 0 Å². The Labute approximate surface area is 137 Å². The molecule has 1 aliphatic rings. The van der Waals surface area contributed by atoms with E-state index in [4.69, 9.17) is 0 Å². The first-order valence-electron chi connectivity index (χ1n) is 7.64. The summed E-state index contributed by atoms with van der Waals surface area (Å²) in [5.74, 6) is 0.813. The Morgan fingerprint density at radius 1 is 1.57 bits per heavy atom. The zero-order chi connectivity index (χ0) is 16.6.